The highest BCUT2D eigenvalue weighted by molar-refractivity contribution is 5.77. The van der Waals surface area contributed by atoms with Gasteiger partial charge in [-0.25, -0.2) is 0 Å². The van der Waals surface area contributed by atoms with Crippen molar-refractivity contribution in [2.75, 3.05) is 0 Å². The molecule has 1 atom stereocenters. The van der Waals surface area contributed by atoms with Gasteiger partial charge in [-0.3, -0.25) is 4.79 Å². The maximum atomic E-state index is 11.3. The molecule has 1 aromatic carbocycles. The molecule has 1 aromatic rings. The van der Waals surface area contributed by atoms with E-state index in [0.29, 0.717) is 18.9 Å². The van der Waals surface area contributed by atoms with Gasteiger partial charge in [-0.1, -0.05) is 31.2 Å². The van der Waals surface area contributed by atoms with Gasteiger partial charge in [0.15, 0.2) is 0 Å². The van der Waals surface area contributed by atoms with Crippen LogP contribution in [0.2, 0.25) is 0 Å². The minimum Gasteiger partial charge on any atom is -0.352 e. The number of hydrogen-bond donors (Lipinski definition) is 1. The lowest BCUT2D eigenvalue weighted by Gasteiger charge is -2.09. The third-order valence-corrected chi connectivity index (χ3v) is 2.55. The third-order valence-electron chi connectivity index (χ3n) is 2.55. The van der Waals surface area contributed by atoms with Gasteiger partial charge in [0.2, 0.25) is 5.91 Å². The summed E-state index contributed by atoms with van der Waals surface area (Å²) in [6.45, 7) is 2.78. The lowest BCUT2D eigenvalue weighted by Crippen LogP contribution is -2.20. The molecule has 0 aliphatic carbocycles. The predicted molar refractivity (Wildman–Crippen MR) is 51.3 cm³/mol. The zero-order valence-corrected chi connectivity index (χ0v) is 7.71. The summed E-state index contributed by atoms with van der Waals surface area (Å²) in [5.74, 6) is 0.502. The molecule has 0 spiro atoms. The monoisotopic (exact) mass is 175 g/mol. The van der Waals surface area contributed by atoms with Gasteiger partial charge >= 0.3 is 0 Å². The Labute approximate surface area is 78.0 Å². The van der Waals surface area contributed by atoms with Crippen molar-refractivity contribution in [1.29, 1.82) is 0 Å². The normalized spacial score (nSPS) is 21.6. The van der Waals surface area contributed by atoms with Crippen LogP contribution in [0.3, 0.4) is 0 Å². The van der Waals surface area contributed by atoms with Crippen LogP contribution in [0.1, 0.15) is 30.4 Å². The van der Waals surface area contributed by atoms with E-state index in [1.165, 1.54) is 11.1 Å². The molecule has 2 rings (SSSR count). The van der Waals surface area contributed by atoms with Gasteiger partial charge in [-0.05, 0) is 17.0 Å². The van der Waals surface area contributed by atoms with E-state index in [4.69, 9.17) is 0 Å². The van der Waals surface area contributed by atoms with Crippen molar-refractivity contribution in [3.8, 4) is 0 Å². The Hall–Kier alpha value is -1.31. The Kier molecular flexibility index (Phi) is 2.05. The summed E-state index contributed by atoms with van der Waals surface area (Å²) in [7, 11) is 0. The first-order valence-corrected chi connectivity index (χ1v) is 4.62. The Morgan fingerprint density at radius 3 is 3.00 bits per heavy atom. The van der Waals surface area contributed by atoms with E-state index in [-0.39, 0.29) is 5.91 Å². The summed E-state index contributed by atoms with van der Waals surface area (Å²) in [5, 5.41) is 2.89. The summed E-state index contributed by atoms with van der Waals surface area (Å²) in [6.07, 6.45) is 0.608. The van der Waals surface area contributed by atoms with Crippen molar-refractivity contribution in [3.63, 3.8) is 0 Å². The highest BCUT2D eigenvalue weighted by Crippen LogP contribution is 2.24. The molecule has 13 heavy (non-hydrogen) atoms. The number of benzene rings is 1. The van der Waals surface area contributed by atoms with Crippen molar-refractivity contribution >= 4 is 5.91 Å². The predicted octanol–water partition coefficient (Wildman–Crippen LogP) is 1.81. The van der Waals surface area contributed by atoms with Gasteiger partial charge in [0.25, 0.3) is 0 Å². The van der Waals surface area contributed by atoms with Crippen LogP contribution in [0.25, 0.3) is 0 Å². The van der Waals surface area contributed by atoms with E-state index in [1.54, 1.807) is 0 Å². The first kappa shape index (κ1) is 8.30. The number of carbonyl (C=O) groups excluding carboxylic acids is 1. The average Bonchev–Trinajstić information content (AvgIpc) is 2.27. The van der Waals surface area contributed by atoms with Gasteiger partial charge in [-0.2, -0.15) is 0 Å². The molecule has 1 aliphatic heterocycles. The van der Waals surface area contributed by atoms with Crippen molar-refractivity contribution in [2.45, 2.75) is 25.8 Å². The molecule has 0 bridgehead atoms. The number of fused-ring (bicyclic) bond motifs is 1. The van der Waals surface area contributed by atoms with E-state index in [1.807, 2.05) is 12.1 Å². The van der Waals surface area contributed by atoms with Gasteiger partial charge in [0.1, 0.15) is 0 Å². The molecule has 1 unspecified atom stereocenters. The van der Waals surface area contributed by atoms with Gasteiger partial charge in [0, 0.05) is 13.0 Å². The lowest BCUT2D eigenvalue weighted by atomic mass is 9.94. The van der Waals surface area contributed by atoms with E-state index in [2.05, 4.69) is 24.4 Å². The number of rotatable bonds is 0. The van der Waals surface area contributed by atoms with Crippen molar-refractivity contribution in [1.82, 2.24) is 5.32 Å². The molecule has 2 heteroatoms. The number of amides is 1. The van der Waals surface area contributed by atoms with E-state index in [9.17, 15) is 4.79 Å². The van der Waals surface area contributed by atoms with Crippen molar-refractivity contribution in [3.05, 3.63) is 35.4 Å². The molecule has 0 fully saturated rings. The van der Waals surface area contributed by atoms with Crippen LogP contribution in [-0.4, -0.2) is 5.91 Å². The molecular formula is C11H13NO. The van der Waals surface area contributed by atoms with Crippen LogP contribution in [0.15, 0.2) is 24.3 Å². The van der Waals surface area contributed by atoms with Gasteiger partial charge in [-0.15, -0.1) is 0 Å². The molecule has 0 saturated carbocycles. The summed E-state index contributed by atoms with van der Waals surface area (Å²) in [5.41, 5.74) is 2.56. The Bertz CT molecular complexity index is 333. The summed E-state index contributed by atoms with van der Waals surface area (Å²) >= 11 is 0. The molecule has 1 heterocycles. The summed E-state index contributed by atoms with van der Waals surface area (Å²) in [6, 6.07) is 8.24. The molecule has 2 nitrogen and oxygen atoms in total. The number of hydrogen-bond acceptors (Lipinski definition) is 1. The maximum absolute atomic E-state index is 11.3. The molecule has 1 amide bonds. The fourth-order valence-electron chi connectivity index (χ4n) is 1.83. The fraction of sp³-hybridized carbons (Fsp3) is 0.364. The van der Waals surface area contributed by atoms with Gasteiger partial charge < -0.3 is 5.32 Å². The largest absolute Gasteiger partial charge is 0.352 e. The molecule has 0 saturated heterocycles. The topological polar surface area (TPSA) is 29.1 Å². The van der Waals surface area contributed by atoms with Crippen molar-refractivity contribution in [2.24, 2.45) is 0 Å². The van der Waals surface area contributed by atoms with Crippen LogP contribution < -0.4 is 5.32 Å². The zero-order chi connectivity index (χ0) is 9.26. The Morgan fingerprint density at radius 1 is 1.38 bits per heavy atom. The Balaban J connectivity index is 2.40. The second-order valence-electron chi connectivity index (χ2n) is 3.58. The standard InChI is InChI=1S/C11H13NO/c1-8-6-11(13)12-7-9-4-2-3-5-10(8)9/h2-5,8H,6-7H2,1H3,(H,12,13). The summed E-state index contributed by atoms with van der Waals surface area (Å²) in [4.78, 5) is 11.3. The summed E-state index contributed by atoms with van der Waals surface area (Å²) < 4.78 is 0. The van der Waals surface area contributed by atoms with Crippen LogP contribution in [-0.2, 0) is 11.3 Å². The minimum atomic E-state index is 0.156. The highest BCUT2D eigenvalue weighted by Gasteiger charge is 2.17. The van der Waals surface area contributed by atoms with E-state index >= 15 is 0 Å². The maximum Gasteiger partial charge on any atom is 0.220 e. The van der Waals surface area contributed by atoms with Crippen LogP contribution in [0.4, 0.5) is 0 Å². The third kappa shape index (κ3) is 1.57. The number of nitrogens with one attached hydrogen (secondary N) is 1. The zero-order valence-electron chi connectivity index (χ0n) is 7.71. The molecular weight excluding hydrogens is 162 g/mol. The molecule has 0 radical (unpaired) electrons. The SMILES string of the molecule is CC1CC(=O)NCc2ccccc21. The second-order valence-corrected chi connectivity index (χ2v) is 3.58. The molecule has 68 valence electrons. The number of carbonyl (C=O) groups is 1. The van der Waals surface area contributed by atoms with Crippen LogP contribution in [0, 0.1) is 0 Å². The van der Waals surface area contributed by atoms with E-state index in [0.717, 1.165) is 0 Å². The Morgan fingerprint density at radius 2 is 2.15 bits per heavy atom. The lowest BCUT2D eigenvalue weighted by molar-refractivity contribution is -0.121. The first-order chi connectivity index (χ1) is 6.27. The molecule has 0 aromatic heterocycles. The van der Waals surface area contributed by atoms with Gasteiger partial charge in [0.05, 0.1) is 0 Å². The van der Waals surface area contributed by atoms with E-state index < -0.39 is 0 Å². The minimum absolute atomic E-state index is 0.156. The first-order valence-electron chi connectivity index (χ1n) is 4.62. The van der Waals surface area contributed by atoms with Crippen molar-refractivity contribution < 1.29 is 4.79 Å². The average molecular weight is 175 g/mol. The van der Waals surface area contributed by atoms with Crippen LogP contribution >= 0.6 is 0 Å². The highest BCUT2D eigenvalue weighted by atomic mass is 16.1. The smallest absolute Gasteiger partial charge is 0.220 e. The molecule has 1 aliphatic rings. The quantitative estimate of drug-likeness (QED) is 0.640. The molecule has 1 N–H and O–H groups in total. The van der Waals surface area contributed by atoms with Crippen LogP contribution in [0.5, 0.6) is 0 Å². The second kappa shape index (κ2) is 3.21. The fourth-order valence-corrected chi connectivity index (χ4v) is 1.83.